The molecule has 0 aliphatic carbocycles. The molecule has 1 aliphatic heterocycles. The van der Waals surface area contributed by atoms with Gasteiger partial charge < -0.3 is 29.9 Å². The van der Waals surface area contributed by atoms with Crippen molar-refractivity contribution in [1.82, 2.24) is 10.2 Å². The van der Waals surface area contributed by atoms with Crippen molar-refractivity contribution in [2.75, 3.05) is 39.4 Å². The van der Waals surface area contributed by atoms with Crippen molar-refractivity contribution in [3.8, 4) is 11.5 Å². The van der Waals surface area contributed by atoms with Crippen molar-refractivity contribution in [1.29, 1.82) is 0 Å². The maximum Gasteiger partial charge on any atom is 0.419 e. The zero-order valence-corrected chi connectivity index (χ0v) is 19.6. The van der Waals surface area contributed by atoms with Crippen molar-refractivity contribution in [3.63, 3.8) is 0 Å². The molecule has 0 aromatic heterocycles. The van der Waals surface area contributed by atoms with E-state index in [1.165, 1.54) is 0 Å². The summed E-state index contributed by atoms with van der Waals surface area (Å²) < 4.78 is 62.6. The first-order chi connectivity index (χ1) is 16.6. The van der Waals surface area contributed by atoms with Crippen molar-refractivity contribution >= 4 is 0 Å². The topological polar surface area (TPSA) is 74.2 Å². The third-order valence-electron chi connectivity index (χ3n) is 5.85. The highest BCUT2D eigenvalue weighted by Gasteiger charge is 2.34. The molecule has 1 aliphatic rings. The first kappa shape index (κ1) is 27.2. The van der Waals surface area contributed by atoms with E-state index in [0.29, 0.717) is 31.0 Å². The molecule has 10 heteroatoms. The molecule has 2 aromatic rings. The normalized spacial score (nSPS) is 17.2. The second-order valence-electron chi connectivity index (χ2n) is 8.87. The number of hydrogen-bond donors (Lipinski definition) is 3. The van der Waals surface area contributed by atoms with Crippen LogP contribution in [0.15, 0.2) is 42.5 Å². The van der Waals surface area contributed by atoms with Gasteiger partial charge in [-0.15, -0.1) is 0 Å². The molecule has 6 nitrogen and oxygen atoms in total. The molecule has 35 heavy (non-hydrogen) atoms. The second kappa shape index (κ2) is 12.5. The van der Waals surface area contributed by atoms with E-state index in [4.69, 9.17) is 9.47 Å². The number of likely N-dealkylation sites (tertiary alicyclic amines) is 1. The van der Waals surface area contributed by atoms with E-state index in [-0.39, 0.29) is 25.0 Å². The lowest BCUT2D eigenvalue weighted by molar-refractivity contribution is -0.140. The van der Waals surface area contributed by atoms with Crippen LogP contribution in [0.3, 0.4) is 0 Å². The molecule has 0 saturated carbocycles. The number of piperidine rings is 1. The zero-order chi connectivity index (χ0) is 25.4. The Kier molecular flexibility index (Phi) is 9.73. The Balaban J connectivity index is 1.31. The summed E-state index contributed by atoms with van der Waals surface area (Å²) in [6, 6.07) is 10.3. The Morgan fingerprint density at radius 2 is 1.57 bits per heavy atom. The van der Waals surface area contributed by atoms with E-state index in [0.717, 1.165) is 37.6 Å². The standard InChI is InChI=1S/C25H32F4N2O4/c1-17-2-4-21(5-3-17)34-15-19(32)13-30-18-8-10-31(11-9-18)14-20(33)16-35-22-6-7-24(26)23(12-22)25(27,28)29/h2-7,12,18-20,30,32-33H,8-11,13-16H2,1H3/t19-,20+/m1/s1. The number of β-amino-alcohol motifs (C(OH)–C–C–N with tert-alkyl or cyclic N) is 1. The number of halogens is 4. The molecule has 0 amide bonds. The Morgan fingerprint density at radius 1 is 0.971 bits per heavy atom. The third kappa shape index (κ3) is 8.96. The van der Waals surface area contributed by atoms with Crippen LogP contribution in [0, 0.1) is 12.7 Å². The Labute approximate surface area is 202 Å². The molecular formula is C25H32F4N2O4. The monoisotopic (exact) mass is 500 g/mol. The first-order valence-corrected chi connectivity index (χ1v) is 11.6. The first-order valence-electron chi connectivity index (χ1n) is 11.6. The van der Waals surface area contributed by atoms with Gasteiger partial charge in [-0.3, -0.25) is 0 Å². The molecule has 0 radical (unpaired) electrons. The average molecular weight is 501 g/mol. The summed E-state index contributed by atoms with van der Waals surface area (Å²) in [7, 11) is 0. The van der Waals surface area contributed by atoms with Crippen LogP contribution < -0.4 is 14.8 Å². The maximum atomic E-state index is 13.4. The van der Waals surface area contributed by atoms with E-state index in [1.807, 2.05) is 31.2 Å². The summed E-state index contributed by atoms with van der Waals surface area (Å²) in [4.78, 5) is 2.05. The number of rotatable bonds is 11. The molecule has 2 aromatic carbocycles. The van der Waals surface area contributed by atoms with Crippen molar-refractivity contribution < 1.29 is 37.2 Å². The van der Waals surface area contributed by atoms with Gasteiger partial charge in [0.05, 0.1) is 5.56 Å². The van der Waals surface area contributed by atoms with Crippen LogP contribution in [0.25, 0.3) is 0 Å². The number of hydrogen-bond acceptors (Lipinski definition) is 6. The summed E-state index contributed by atoms with van der Waals surface area (Å²) in [6.07, 6.45) is -4.71. The molecule has 1 saturated heterocycles. The summed E-state index contributed by atoms with van der Waals surface area (Å²) in [5.74, 6) is -0.801. The molecule has 0 unspecified atom stereocenters. The number of nitrogens with one attached hydrogen (secondary N) is 1. The van der Waals surface area contributed by atoms with Gasteiger partial charge in [0.15, 0.2) is 0 Å². The molecule has 0 spiro atoms. The fourth-order valence-corrected chi connectivity index (χ4v) is 3.86. The molecule has 2 atom stereocenters. The van der Waals surface area contributed by atoms with E-state index < -0.39 is 29.8 Å². The van der Waals surface area contributed by atoms with Gasteiger partial charge in [0.1, 0.15) is 42.7 Å². The smallest absolute Gasteiger partial charge is 0.419 e. The number of alkyl halides is 3. The molecule has 194 valence electrons. The van der Waals surface area contributed by atoms with Gasteiger partial charge in [0.25, 0.3) is 0 Å². The largest absolute Gasteiger partial charge is 0.491 e. The molecule has 3 N–H and O–H groups in total. The number of ether oxygens (including phenoxy) is 2. The van der Waals surface area contributed by atoms with Gasteiger partial charge in [-0.1, -0.05) is 17.7 Å². The van der Waals surface area contributed by atoms with E-state index in [1.54, 1.807) is 0 Å². The average Bonchev–Trinajstić information content (AvgIpc) is 2.82. The quantitative estimate of drug-likeness (QED) is 0.411. The molecular weight excluding hydrogens is 468 g/mol. The van der Waals surface area contributed by atoms with Crippen molar-refractivity contribution in [3.05, 3.63) is 59.4 Å². The van der Waals surface area contributed by atoms with Crippen LogP contribution in [0.2, 0.25) is 0 Å². The Bertz CT molecular complexity index is 919. The number of aryl methyl sites for hydroxylation is 1. The Morgan fingerprint density at radius 3 is 2.23 bits per heavy atom. The molecule has 0 bridgehead atoms. The van der Waals surface area contributed by atoms with Crippen LogP contribution in [-0.4, -0.2) is 72.8 Å². The Hall–Kier alpha value is -2.40. The van der Waals surface area contributed by atoms with Gasteiger partial charge in [0, 0.05) is 19.1 Å². The third-order valence-corrected chi connectivity index (χ3v) is 5.85. The van der Waals surface area contributed by atoms with Crippen molar-refractivity contribution in [2.45, 2.75) is 44.2 Å². The van der Waals surface area contributed by atoms with Crippen molar-refractivity contribution in [2.24, 2.45) is 0 Å². The fraction of sp³-hybridized carbons (Fsp3) is 0.520. The highest BCUT2D eigenvalue weighted by molar-refractivity contribution is 5.31. The minimum absolute atomic E-state index is 0.148. The van der Waals surface area contributed by atoms with Gasteiger partial charge in [-0.25, -0.2) is 4.39 Å². The van der Waals surface area contributed by atoms with Gasteiger partial charge in [0.2, 0.25) is 0 Å². The SMILES string of the molecule is Cc1ccc(OC[C@H](O)CNC2CCN(C[C@H](O)COc3ccc(F)c(C(F)(F)F)c3)CC2)cc1. The van der Waals surface area contributed by atoms with E-state index in [9.17, 15) is 27.8 Å². The van der Waals surface area contributed by atoms with Gasteiger partial charge in [-0.05, 0) is 63.2 Å². The summed E-state index contributed by atoms with van der Waals surface area (Å²) in [5.41, 5.74) is -0.260. The summed E-state index contributed by atoms with van der Waals surface area (Å²) in [5, 5.41) is 23.7. The molecule has 3 rings (SSSR count). The minimum Gasteiger partial charge on any atom is -0.491 e. The highest BCUT2D eigenvalue weighted by Crippen LogP contribution is 2.33. The van der Waals surface area contributed by atoms with Crippen LogP contribution in [0.1, 0.15) is 24.0 Å². The lowest BCUT2D eigenvalue weighted by Gasteiger charge is -2.33. The predicted molar refractivity (Wildman–Crippen MR) is 123 cm³/mol. The molecule has 1 fully saturated rings. The van der Waals surface area contributed by atoms with Crippen LogP contribution in [-0.2, 0) is 6.18 Å². The van der Waals surface area contributed by atoms with Gasteiger partial charge in [-0.2, -0.15) is 13.2 Å². The number of aliphatic hydroxyl groups is 2. The zero-order valence-electron chi connectivity index (χ0n) is 19.6. The summed E-state index contributed by atoms with van der Waals surface area (Å²) in [6.45, 7) is 4.15. The maximum absolute atomic E-state index is 13.4. The van der Waals surface area contributed by atoms with Crippen LogP contribution >= 0.6 is 0 Å². The van der Waals surface area contributed by atoms with Crippen LogP contribution in [0.5, 0.6) is 11.5 Å². The van der Waals surface area contributed by atoms with E-state index >= 15 is 0 Å². The predicted octanol–water partition coefficient (Wildman–Crippen LogP) is 3.39. The lowest BCUT2D eigenvalue weighted by Crippen LogP contribution is -2.47. The minimum atomic E-state index is -4.81. The van der Waals surface area contributed by atoms with Crippen LogP contribution in [0.4, 0.5) is 17.6 Å². The molecule has 1 heterocycles. The van der Waals surface area contributed by atoms with Gasteiger partial charge >= 0.3 is 6.18 Å². The van der Waals surface area contributed by atoms with E-state index in [2.05, 4.69) is 10.2 Å². The fourth-order valence-electron chi connectivity index (χ4n) is 3.86. The second-order valence-corrected chi connectivity index (χ2v) is 8.87. The number of aliphatic hydroxyl groups excluding tert-OH is 2. The number of benzene rings is 2. The summed E-state index contributed by atoms with van der Waals surface area (Å²) >= 11 is 0. The number of nitrogens with zero attached hydrogens (tertiary/aromatic N) is 1. The highest BCUT2D eigenvalue weighted by atomic mass is 19.4. The lowest BCUT2D eigenvalue weighted by atomic mass is 10.0.